The van der Waals surface area contributed by atoms with Crippen LogP contribution in [0.3, 0.4) is 0 Å². The van der Waals surface area contributed by atoms with Crippen LogP contribution in [-0.2, 0) is 0 Å². The fraction of sp³-hybridized carbons (Fsp3) is 0.143. The summed E-state index contributed by atoms with van der Waals surface area (Å²) in [6.07, 6.45) is -4.87. The molecule has 1 rings (SSSR count). The van der Waals surface area contributed by atoms with Crippen LogP contribution in [-0.4, -0.2) is 11.5 Å². The van der Waals surface area contributed by atoms with E-state index in [1.54, 1.807) is 0 Å². The molecule has 0 saturated heterocycles. The van der Waals surface area contributed by atoms with Crippen molar-refractivity contribution in [1.82, 2.24) is 0 Å². The Balaban J connectivity index is 3.09. The Hall–Kier alpha value is -0.810. The predicted molar refractivity (Wildman–Crippen MR) is 44.8 cm³/mol. The van der Waals surface area contributed by atoms with Crippen molar-refractivity contribution < 1.29 is 23.0 Å². The highest BCUT2D eigenvalue weighted by molar-refractivity contribution is 6.37. The molecule has 0 bridgehead atoms. The lowest BCUT2D eigenvalue weighted by molar-refractivity contribution is -0.274. The lowest BCUT2D eigenvalue weighted by Gasteiger charge is -2.11. The minimum absolute atomic E-state index is 0.338. The van der Waals surface area contributed by atoms with Crippen LogP contribution in [0.15, 0.2) is 12.1 Å². The molecule has 7 heteroatoms. The summed E-state index contributed by atoms with van der Waals surface area (Å²) in [7, 11) is 0. The predicted octanol–water partition coefficient (Wildman–Crippen LogP) is 3.60. The zero-order valence-electron chi connectivity index (χ0n) is 6.40. The molecule has 0 amide bonds. The van der Waals surface area contributed by atoms with Gasteiger partial charge in [-0.25, -0.2) is 0 Å². The van der Waals surface area contributed by atoms with E-state index < -0.39 is 22.2 Å². The molecule has 2 nitrogen and oxygen atoms in total. The van der Waals surface area contributed by atoms with Gasteiger partial charge in [0.25, 0.3) is 0 Å². The summed E-state index contributed by atoms with van der Waals surface area (Å²) in [4.78, 5) is 0. The number of rotatable bonds is 1. The quantitative estimate of drug-likeness (QED) is 0.821. The SMILES string of the molecule is Oc1cc(Cl)c(OC(F)(F)F)c(Cl)c1. The standard InChI is InChI=1S/C7H3Cl2F3O2/c8-4-1-3(13)2-5(9)6(4)14-7(10,11)12/h1-2,13H. The van der Waals surface area contributed by atoms with Gasteiger partial charge in [-0.2, -0.15) is 0 Å². The van der Waals surface area contributed by atoms with Crippen molar-refractivity contribution in [2.24, 2.45) is 0 Å². The van der Waals surface area contributed by atoms with E-state index in [1.165, 1.54) is 0 Å². The third-order valence-corrected chi connectivity index (χ3v) is 1.76. The molecule has 0 fully saturated rings. The van der Waals surface area contributed by atoms with Gasteiger partial charge in [0.05, 0.1) is 10.0 Å². The molecule has 0 radical (unpaired) electrons. The summed E-state index contributed by atoms with van der Waals surface area (Å²) in [6.45, 7) is 0. The maximum Gasteiger partial charge on any atom is 0.573 e. The Labute approximate surface area is 86.8 Å². The second-order valence-corrected chi connectivity index (χ2v) is 3.10. The van der Waals surface area contributed by atoms with Gasteiger partial charge in [0.1, 0.15) is 5.75 Å². The summed E-state index contributed by atoms with van der Waals surface area (Å²) in [5, 5.41) is 8.09. The number of hydrogen-bond acceptors (Lipinski definition) is 2. The van der Waals surface area contributed by atoms with Gasteiger partial charge in [-0.15, -0.1) is 13.2 Å². The summed E-state index contributed by atoms with van der Waals surface area (Å²) in [6, 6.07) is 1.79. The minimum atomic E-state index is -4.87. The second kappa shape index (κ2) is 3.74. The average Bonchev–Trinajstić information content (AvgIpc) is 1.95. The van der Waals surface area contributed by atoms with Crippen molar-refractivity contribution in [2.75, 3.05) is 0 Å². The van der Waals surface area contributed by atoms with Gasteiger partial charge < -0.3 is 9.84 Å². The average molecular weight is 247 g/mol. The fourth-order valence-corrected chi connectivity index (χ4v) is 1.31. The van der Waals surface area contributed by atoms with E-state index in [4.69, 9.17) is 28.3 Å². The van der Waals surface area contributed by atoms with E-state index in [0.29, 0.717) is 0 Å². The van der Waals surface area contributed by atoms with Crippen LogP contribution in [0.2, 0.25) is 10.0 Å². The van der Waals surface area contributed by atoms with E-state index in [2.05, 4.69) is 4.74 Å². The van der Waals surface area contributed by atoms with Crippen molar-refractivity contribution >= 4 is 23.2 Å². The maximum atomic E-state index is 11.8. The maximum absolute atomic E-state index is 11.8. The Morgan fingerprint density at radius 2 is 1.57 bits per heavy atom. The summed E-state index contributed by atoms with van der Waals surface area (Å²) in [5.41, 5.74) is 0. The molecular weight excluding hydrogens is 244 g/mol. The molecule has 78 valence electrons. The number of phenols is 1. The molecule has 0 atom stereocenters. The molecule has 0 unspecified atom stereocenters. The molecule has 0 aliphatic heterocycles. The van der Waals surface area contributed by atoms with Gasteiger partial charge in [-0.1, -0.05) is 23.2 Å². The first-order valence-electron chi connectivity index (χ1n) is 3.23. The molecule has 0 aliphatic rings. The Morgan fingerprint density at radius 1 is 1.14 bits per heavy atom. The number of aromatic hydroxyl groups is 1. The van der Waals surface area contributed by atoms with Crippen LogP contribution in [0, 0.1) is 0 Å². The molecule has 1 N–H and O–H groups in total. The highest BCUT2D eigenvalue weighted by Gasteiger charge is 2.33. The van der Waals surface area contributed by atoms with Gasteiger partial charge >= 0.3 is 6.36 Å². The van der Waals surface area contributed by atoms with Gasteiger partial charge in [0.15, 0.2) is 5.75 Å². The fourth-order valence-electron chi connectivity index (χ4n) is 0.760. The number of alkyl halides is 3. The topological polar surface area (TPSA) is 29.5 Å². The number of hydrogen-bond donors (Lipinski definition) is 1. The van der Waals surface area contributed by atoms with Gasteiger partial charge in [-0.05, 0) is 0 Å². The van der Waals surface area contributed by atoms with Crippen molar-refractivity contribution in [3.8, 4) is 11.5 Å². The zero-order valence-corrected chi connectivity index (χ0v) is 7.91. The Kier molecular flexibility index (Phi) is 3.01. The van der Waals surface area contributed by atoms with Crippen molar-refractivity contribution in [1.29, 1.82) is 0 Å². The minimum Gasteiger partial charge on any atom is -0.508 e. The van der Waals surface area contributed by atoms with Crippen LogP contribution in [0.25, 0.3) is 0 Å². The van der Waals surface area contributed by atoms with E-state index in [1.807, 2.05) is 0 Å². The van der Waals surface area contributed by atoms with E-state index in [-0.39, 0.29) is 5.75 Å². The number of ether oxygens (including phenoxy) is 1. The Morgan fingerprint density at radius 3 is 1.93 bits per heavy atom. The largest absolute Gasteiger partial charge is 0.573 e. The molecule has 0 spiro atoms. The highest BCUT2D eigenvalue weighted by atomic mass is 35.5. The van der Waals surface area contributed by atoms with Gasteiger partial charge in [-0.3, -0.25) is 0 Å². The third-order valence-electron chi connectivity index (χ3n) is 1.20. The number of phenolic OH excluding ortho intramolecular Hbond substituents is 1. The molecule has 1 aromatic carbocycles. The van der Waals surface area contributed by atoms with Crippen molar-refractivity contribution in [2.45, 2.75) is 6.36 Å². The van der Waals surface area contributed by atoms with Crippen LogP contribution >= 0.6 is 23.2 Å². The summed E-state index contributed by atoms with van der Waals surface area (Å²) < 4.78 is 38.9. The molecule has 0 aliphatic carbocycles. The van der Waals surface area contributed by atoms with Crippen molar-refractivity contribution in [3.63, 3.8) is 0 Å². The molecule has 0 aromatic heterocycles. The summed E-state index contributed by atoms with van der Waals surface area (Å²) in [5.74, 6) is -1.06. The second-order valence-electron chi connectivity index (χ2n) is 2.29. The van der Waals surface area contributed by atoms with E-state index >= 15 is 0 Å². The highest BCUT2D eigenvalue weighted by Crippen LogP contribution is 2.39. The molecule has 1 aromatic rings. The van der Waals surface area contributed by atoms with Crippen LogP contribution in [0.5, 0.6) is 11.5 Å². The van der Waals surface area contributed by atoms with E-state index in [0.717, 1.165) is 12.1 Å². The van der Waals surface area contributed by atoms with Crippen LogP contribution in [0.4, 0.5) is 13.2 Å². The number of halogens is 5. The van der Waals surface area contributed by atoms with Gasteiger partial charge in [0.2, 0.25) is 0 Å². The molecule has 0 heterocycles. The molecule has 0 saturated carbocycles. The first-order valence-corrected chi connectivity index (χ1v) is 3.99. The normalized spacial score (nSPS) is 11.5. The monoisotopic (exact) mass is 246 g/mol. The lowest BCUT2D eigenvalue weighted by Crippen LogP contribution is -2.17. The van der Waals surface area contributed by atoms with Crippen LogP contribution in [0.1, 0.15) is 0 Å². The number of benzene rings is 1. The summed E-state index contributed by atoms with van der Waals surface area (Å²) >= 11 is 10.7. The van der Waals surface area contributed by atoms with Crippen LogP contribution < -0.4 is 4.74 Å². The molecule has 14 heavy (non-hydrogen) atoms. The first kappa shape index (κ1) is 11.3. The first-order chi connectivity index (χ1) is 6.29. The van der Waals surface area contributed by atoms with E-state index in [9.17, 15) is 13.2 Å². The lowest BCUT2D eigenvalue weighted by atomic mass is 10.3. The third kappa shape index (κ3) is 2.85. The zero-order chi connectivity index (χ0) is 10.9. The molecular formula is C7H3Cl2F3O2. The Bertz CT molecular complexity index is 328. The smallest absolute Gasteiger partial charge is 0.508 e. The van der Waals surface area contributed by atoms with Crippen molar-refractivity contribution in [3.05, 3.63) is 22.2 Å². The van der Waals surface area contributed by atoms with Gasteiger partial charge in [0, 0.05) is 12.1 Å².